The maximum Gasteiger partial charge on any atom is 0.243 e. The number of hydrogen-bond donors (Lipinski definition) is 0. The second-order valence-electron chi connectivity index (χ2n) is 11.4. The zero-order valence-corrected chi connectivity index (χ0v) is 24.4. The molecular weight excluding hydrogens is 533 g/mol. The van der Waals surface area contributed by atoms with Crippen LogP contribution in [0.3, 0.4) is 0 Å². The number of sulfonamides is 1. The molecule has 9 heteroatoms. The Morgan fingerprint density at radius 1 is 1.00 bits per heavy atom. The summed E-state index contributed by atoms with van der Waals surface area (Å²) < 4.78 is 42.0. The van der Waals surface area contributed by atoms with E-state index in [1.165, 1.54) is 20.8 Å². The number of thiophene rings is 1. The molecule has 0 unspecified atom stereocenters. The maximum absolute atomic E-state index is 14.1. The van der Waals surface area contributed by atoms with Crippen molar-refractivity contribution >= 4 is 27.3 Å². The van der Waals surface area contributed by atoms with Gasteiger partial charge in [0.05, 0.1) is 10.9 Å². The van der Waals surface area contributed by atoms with Gasteiger partial charge in [0.1, 0.15) is 5.82 Å². The second kappa shape index (κ2) is 11.1. The summed E-state index contributed by atoms with van der Waals surface area (Å²) in [5, 5.41) is 2.08. The lowest BCUT2D eigenvalue weighted by molar-refractivity contribution is -0.132. The van der Waals surface area contributed by atoms with E-state index in [1.54, 1.807) is 40.5 Å². The summed E-state index contributed by atoms with van der Waals surface area (Å²) in [6.45, 7) is 8.97. The molecule has 2 aliphatic rings. The molecule has 0 spiro atoms. The summed E-state index contributed by atoms with van der Waals surface area (Å²) in [4.78, 5) is 18.8. The predicted octanol–water partition coefficient (Wildman–Crippen LogP) is 5.06. The maximum atomic E-state index is 14.1. The Morgan fingerprint density at radius 2 is 1.72 bits per heavy atom. The van der Waals surface area contributed by atoms with Gasteiger partial charge in [0, 0.05) is 50.6 Å². The molecule has 0 N–H and O–H groups in total. The highest BCUT2D eigenvalue weighted by molar-refractivity contribution is 7.89. The summed E-state index contributed by atoms with van der Waals surface area (Å²) in [6.07, 6.45) is 1.26. The first-order valence-corrected chi connectivity index (χ1v) is 15.8. The van der Waals surface area contributed by atoms with E-state index in [1.807, 2.05) is 18.2 Å². The second-order valence-corrected chi connectivity index (χ2v) is 14.3. The van der Waals surface area contributed by atoms with Gasteiger partial charge < -0.3 is 4.90 Å². The van der Waals surface area contributed by atoms with E-state index in [-0.39, 0.29) is 41.2 Å². The molecular formula is C30H36FN3O3S2. The lowest BCUT2D eigenvalue weighted by Gasteiger charge is -2.37. The van der Waals surface area contributed by atoms with Gasteiger partial charge in [-0.25, -0.2) is 12.8 Å². The van der Waals surface area contributed by atoms with E-state index in [0.29, 0.717) is 26.1 Å². The van der Waals surface area contributed by atoms with Crippen LogP contribution in [0, 0.1) is 5.82 Å². The number of fused-ring (bicyclic) bond motifs is 1. The van der Waals surface area contributed by atoms with E-state index in [0.717, 1.165) is 24.1 Å². The normalized spacial score (nSPS) is 19.2. The van der Waals surface area contributed by atoms with Crippen LogP contribution in [0.15, 0.2) is 64.9 Å². The first-order valence-electron chi connectivity index (χ1n) is 13.5. The highest BCUT2D eigenvalue weighted by atomic mass is 32.2. The number of benzene rings is 2. The summed E-state index contributed by atoms with van der Waals surface area (Å²) >= 11 is 1.73. The summed E-state index contributed by atoms with van der Waals surface area (Å²) in [7, 11) is -3.61. The van der Waals surface area contributed by atoms with Crippen molar-refractivity contribution < 1.29 is 17.6 Å². The fourth-order valence-electron chi connectivity index (χ4n) is 5.53. The summed E-state index contributed by atoms with van der Waals surface area (Å²) in [5.41, 5.74) is 3.13. The van der Waals surface area contributed by atoms with Gasteiger partial charge in [-0.15, -0.1) is 11.3 Å². The van der Waals surface area contributed by atoms with Crippen LogP contribution < -0.4 is 0 Å². The molecule has 3 aromatic rings. The molecule has 6 nitrogen and oxygen atoms in total. The van der Waals surface area contributed by atoms with Gasteiger partial charge in [-0.3, -0.25) is 9.69 Å². The number of nitrogens with zero attached hydrogens (tertiary/aromatic N) is 3. The average molecular weight is 570 g/mol. The quantitative estimate of drug-likeness (QED) is 0.417. The Kier molecular flexibility index (Phi) is 7.97. The monoisotopic (exact) mass is 569 g/mol. The van der Waals surface area contributed by atoms with Gasteiger partial charge in [-0.2, -0.15) is 4.31 Å². The van der Waals surface area contributed by atoms with E-state index in [4.69, 9.17) is 0 Å². The van der Waals surface area contributed by atoms with Gasteiger partial charge in [0.25, 0.3) is 0 Å². The molecule has 1 aromatic heterocycles. The number of halogens is 1. The fourth-order valence-corrected chi connectivity index (χ4v) is 7.85. The lowest BCUT2D eigenvalue weighted by Crippen LogP contribution is -2.51. The molecule has 208 valence electrons. The largest absolute Gasteiger partial charge is 0.340 e. The molecule has 1 fully saturated rings. The molecule has 0 bridgehead atoms. The number of piperazine rings is 1. The van der Waals surface area contributed by atoms with Gasteiger partial charge in [0.15, 0.2) is 0 Å². The van der Waals surface area contributed by atoms with Crippen LogP contribution in [0.5, 0.6) is 0 Å². The fraction of sp³-hybridized carbons (Fsp3) is 0.433. The van der Waals surface area contributed by atoms with Crippen molar-refractivity contribution in [2.75, 3.05) is 39.3 Å². The third-order valence-corrected chi connectivity index (χ3v) is 10.7. The molecule has 39 heavy (non-hydrogen) atoms. The minimum absolute atomic E-state index is 0.0238. The van der Waals surface area contributed by atoms with Crippen LogP contribution in [0.4, 0.5) is 4.39 Å². The van der Waals surface area contributed by atoms with Crippen LogP contribution in [0.25, 0.3) is 0 Å². The smallest absolute Gasteiger partial charge is 0.243 e. The highest BCUT2D eigenvalue weighted by Crippen LogP contribution is 2.38. The Hall–Kier alpha value is -2.59. The number of amides is 1. The van der Waals surface area contributed by atoms with Crippen molar-refractivity contribution in [1.82, 2.24) is 14.1 Å². The van der Waals surface area contributed by atoms with Crippen molar-refractivity contribution in [1.29, 1.82) is 0 Å². The number of rotatable bonds is 6. The lowest BCUT2D eigenvalue weighted by atomic mass is 9.87. The molecule has 5 rings (SSSR count). The molecule has 2 aromatic carbocycles. The van der Waals surface area contributed by atoms with Crippen LogP contribution in [-0.4, -0.2) is 67.7 Å². The molecule has 1 amide bonds. The van der Waals surface area contributed by atoms with Gasteiger partial charge >= 0.3 is 0 Å². The first-order chi connectivity index (χ1) is 18.5. The Bertz CT molecular complexity index is 1420. The van der Waals surface area contributed by atoms with Gasteiger partial charge in [-0.05, 0) is 64.2 Å². The van der Waals surface area contributed by atoms with Crippen molar-refractivity contribution in [2.24, 2.45) is 0 Å². The third-order valence-electron chi connectivity index (χ3n) is 7.79. The minimum Gasteiger partial charge on any atom is -0.340 e. The molecule has 2 aliphatic heterocycles. The molecule has 0 radical (unpaired) electrons. The van der Waals surface area contributed by atoms with Gasteiger partial charge in [0.2, 0.25) is 15.9 Å². The highest BCUT2D eigenvalue weighted by Gasteiger charge is 2.33. The zero-order valence-electron chi connectivity index (χ0n) is 22.8. The Labute approximate surface area is 235 Å². The van der Waals surface area contributed by atoms with Crippen LogP contribution in [-0.2, 0) is 26.7 Å². The summed E-state index contributed by atoms with van der Waals surface area (Å²) in [6, 6.07) is 15.9. The van der Waals surface area contributed by atoms with E-state index in [2.05, 4.69) is 37.1 Å². The van der Waals surface area contributed by atoms with Crippen LogP contribution in [0.2, 0.25) is 0 Å². The standard InChI is InChI=1S/C30H36FN3O3S2/c1-30(2,3)23-7-9-25(10-8-23)39(36,37)34-18-16-32(17-19-34)28(35)12-15-33-14-11-27-26(13-20-38-27)29(33)22-5-4-6-24(31)21-22/h4-10,13,20-21,29H,11-12,14-19H2,1-3H3/t29-/m0/s1. The third kappa shape index (κ3) is 5.96. The zero-order chi connectivity index (χ0) is 27.8. The number of carbonyl (C=O) groups is 1. The number of hydrogen-bond acceptors (Lipinski definition) is 5. The Balaban J connectivity index is 1.20. The van der Waals surface area contributed by atoms with E-state index < -0.39 is 10.0 Å². The summed E-state index contributed by atoms with van der Waals surface area (Å²) in [5.74, 6) is -0.237. The van der Waals surface area contributed by atoms with E-state index >= 15 is 0 Å². The molecule has 1 atom stereocenters. The first kappa shape index (κ1) is 28.0. The van der Waals surface area contributed by atoms with Crippen LogP contribution in [0.1, 0.15) is 54.8 Å². The van der Waals surface area contributed by atoms with Crippen LogP contribution >= 0.6 is 11.3 Å². The molecule has 0 aliphatic carbocycles. The van der Waals surface area contributed by atoms with E-state index in [9.17, 15) is 17.6 Å². The molecule has 1 saturated heterocycles. The SMILES string of the molecule is CC(C)(C)c1ccc(S(=O)(=O)N2CCN(C(=O)CCN3CCc4sccc4[C@@H]3c3cccc(F)c3)CC2)cc1. The van der Waals surface area contributed by atoms with Crippen molar-refractivity contribution in [3.05, 3.63) is 87.4 Å². The topological polar surface area (TPSA) is 60.9 Å². The molecule has 3 heterocycles. The predicted molar refractivity (Wildman–Crippen MR) is 153 cm³/mol. The average Bonchev–Trinajstić information content (AvgIpc) is 3.40. The van der Waals surface area contributed by atoms with Crippen molar-refractivity contribution in [2.45, 2.75) is 50.0 Å². The Morgan fingerprint density at radius 3 is 2.38 bits per heavy atom. The number of carbonyl (C=O) groups excluding carboxylic acids is 1. The van der Waals surface area contributed by atoms with Crippen molar-refractivity contribution in [3.63, 3.8) is 0 Å². The molecule has 0 saturated carbocycles. The minimum atomic E-state index is -3.61. The van der Waals surface area contributed by atoms with Gasteiger partial charge in [-0.1, -0.05) is 45.0 Å². The van der Waals surface area contributed by atoms with Crippen molar-refractivity contribution in [3.8, 4) is 0 Å².